The summed E-state index contributed by atoms with van der Waals surface area (Å²) in [6.45, 7) is -3.08. The zero-order chi connectivity index (χ0) is 18.4. The molecule has 0 aliphatic carbocycles. The molecule has 0 unspecified atom stereocenters. The number of alkyl halides is 2. The van der Waals surface area contributed by atoms with Crippen LogP contribution < -0.4 is 14.8 Å². The van der Waals surface area contributed by atoms with Gasteiger partial charge in [-0.2, -0.15) is 8.78 Å². The summed E-state index contributed by atoms with van der Waals surface area (Å²) in [4.78, 5) is 11.8. The van der Waals surface area contributed by atoms with Crippen molar-refractivity contribution < 1.29 is 31.8 Å². The summed E-state index contributed by atoms with van der Waals surface area (Å²) in [7, 11) is 1.28. The lowest BCUT2D eigenvalue weighted by Crippen LogP contribution is -2.08. The van der Waals surface area contributed by atoms with Crippen molar-refractivity contribution in [3.8, 4) is 11.5 Å². The Bertz CT molecular complexity index is 773. The molecule has 8 heteroatoms. The van der Waals surface area contributed by atoms with Gasteiger partial charge in [-0.3, -0.25) is 4.79 Å². The highest BCUT2D eigenvalue weighted by Crippen LogP contribution is 2.33. The SMILES string of the molecule is COc1cccc(/C=C/C(=O)Nc2cc(F)cc(F)c2)c1OC(F)F. The van der Waals surface area contributed by atoms with Crippen LogP contribution in [0.4, 0.5) is 23.2 Å². The van der Waals surface area contributed by atoms with E-state index in [9.17, 15) is 22.4 Å². The van der Waals surface area contributed by atoms with Crippen molar-refractivity contribution in [1.29, 1.82) is 0 Å². The number of hydrogen-bond acceptors (Lipinski definition) is 3. The van der Waals surface area contributed by atoms with Crippen LogP contribution in [0.5, 0.6) is 11.5 Å². The van der Waals surface area contributed by atoms with E-state index in [0.717, 1.165) is 18.2 Å². The number of amides is 1. The number of rotatable bonds is 6. The largest absolute Gasteiger partial charge is 0.493 e. The first kappa shape index (κ1) is 18.3. The molecule has 0 bridgehead atoms. The first-order valence-electron chi connectivity index (χ1n) is 6.96. The second kappa shape index (κ2) is 8.18. The summed E-state index contributed by atoms with van der Waals surface area (Å²) in [5.74, 6) is -2.58. The van der Waals surface area contributed by atoms with Crippen LogP contribution in [0.25, 0.3) is 6.08 Å². The number of anilines is 1. The molecule has 0 saturated carbocycles. The average Bonchev–Trinajstić information content (AvgIpc) is 2.52. The Hall–Kier alpha value is -3.03. The summed E-state index contributed by atoms with van der Waals surface area (Å²) < 4.78 is 60.6. The minimum atomic E-state index is -3.08. The molecule has 1 N–H and O–H groups in total. The van der Waals surface area contributed by atoms with Gasteiger partial charge < -0.3 is 14.8 Å². The van der Waals surface area contributed by atoms with Gasteiger partial charge in [0.25, 0.3) is 0 Å². The smallest absolute Gasteiger partial charge is 0.387 e. The maximum atomic E-state index is 13.1. The quantitative estimate of drug-likeness (QED) is 0.623. The molecule has 0 radical (unpaired) electrons. The molecular formula is C17H13F4NO3. The number of ether oxygens (including phenoxy) is 2. The number of carbonyl (C=O) groups excluding carboxylic acids is 1. The number of halogens is 4. The van der Waals surface area contributed by atoms with Crippen LogP contribution in [-0.4, -0.2) is 19.6 Å². The number of para-hydroxylation sites is 1. The van der Waals surface area contributed by atoms with E-state index in [0.29, 0.717) is 6.07 Å². The van der Waals surface area contributed by atoms with Crippen molar-refractivity contribution in [2.45, 2.75) is 6.61 Å². The van der Waals surface area contributed by atoms with E-state index in [1.54, 1.807) is 0 Å². The third-order valence-electron chi connectivity index (χ3n) is 2.98. The Labute approximate surface area is 140 Å². The predicted octanol–water partition coefficient (Wildman–Crippen LogP) is 4.23. The summed E-state index contributed by atoms with van der Waals surface area (Å²) >= 11 is 0. The van der Waals surface area contributed by atoms with Crippen molar-refractivity contribution >= 4 is 17.7 Å². The Morgan fingerprint density at radius 3 is 2.44 bits per heavy atom. The van der Waals surface area contributed by atoms with Crippen molar-refractivity contribution in [2.24, 2.45) is 0 Å². The zero-order valence-corrected chi connectivity index (χ0v) is 12.9. The lowest BCUT2D eigenvalue weighted by molar-refractivity contribution is -0.111. The Morgan fingerprint density at radius 2 is 1.84 bits per heavy atom. The fraction of sp³-hybridized carbons (Fsp3) is 0.118. The summed E-state index contributed by atoms with van der Waals surface area (Å²) in [6, 6.07) is 6.92. The normalized spacial score (nSPS) is 11.0. The molecule has 25 heavy (non-hydrogen) atoms. The minimum Gasteiger partial charge on any atom is -0.493 e. The van der Waals surface area contributed by atoms with Crippen LogP contribution >= 0.6 is 0 Å². The van der Waals surface area contributed by atoms with E-state index in [2.05, 4.69) is 10.1 Å². The monoisotopic (exact) mass is 355 g/mol. The molecule has 0 fully saturated rings. The zero-order valence-electron chi connectivity index (χ0n) is 12.9. The van der Waals surface area contributed by atoms with Crippen molar-refractivity contribution in [1.82, 2.24) is 0 Å². The molecule has 2 aromatic rings. The van der Waals surface area contributed by atoms with Crippen LogP contribution in [0.3, 0.4) is 0 Å². The van der Waals surface area contributed by atoms with Gasteiger partial charge in [0.1, 0.15) is 11.6 Å². The lowest BCUT2D eigenvalue weighted by atomic mass is 10.1. The summed E-state index contributed by atoms with van der Waals surface area (Å²) in [5.41, 5.74) is 0.0852. The molecule has 0 aromatic heterocycles. The standard InChI is InChI=1S/C17H13F4NO3/c1-24-14-4-2-3-10(16(14)25-17(20)21)5-6-15(23)22-13-8-11(18)7-12(19)9-13/h2-9,17H,1H3,(H,22,23)/b6-5+. The van der Waals surface area contributed by atoms with Gasteiger partial charge in [0.15, 0.2) is 11.5 Å². The van der Waals surface area contributed by atoms with Gasteiger partial charge in [-0.1, -0.05) is 12.1 Å². The summed E-state index contributed by atoms with van der Waals surface area (Å²) in [5, 5.41) is 2.26. The molecule has 0 heterocycles. The van der Waals surface area contributed by atoms with Gasteiger partial charge in [-0.15, -0.1) is 0 Å². The number of benzene rings is 2. The van der Waals surface area contributed by atoms with E-state index in [-0.39, 0.29) is 22.7 Å². The number of carbonyl (C=O) groups is 1. The first-order chi connectivity index (χ1) is 11.9. The number of hydrogen-bond donors (Lipinski definition) is 1. The summed E-state index contributed by atoms with van der Waals surface area (Å²) in [6.07, 6.45) is 2.22. The molecule has 0 aliphatic rings. The molecule has 1 amide bonds. The van der Waals surface area contributed by atoms with E-state index in [1.165, 1.54) is 31.4 Å². The molecule has 132 valence electrons. The Balaban J connectivity index is 2.19. The van der Waals surface area contributed by atoms with Crippen LogP contribution in [0.1, 0.15) is 5.56 Å². The molecular weight excluding hydrogens is 342 g/mol. The third-order valence-corrected chi connectivity index (χ3v) is 2.98. The van der Waals surface area contributed by atoms with Gasteiger partial charge in [0, 0.05) is 23.4 Å². The van der Waals surface area contributed by atoms with Crippen LogP contribution in [0.15, 0.2) is 42.5 Å². The Kier molecular flexibility index (Phi) is 5.99. The minimum absolute atomic E-state index is 0.0649. The third kappa shape index (κ3) is 5.23. The van der Waals surface area contributed by atoms with Crippen LogP contribution in [-0.2, 0) is 4.79 Å². The lowest BCUT2D eigenvalue weighted by Gasteiger charge is -2.12. The van der Waals surface area contributed by atoms with Gasteiger partial charge in [-0.05, 0) is 24.3 Å². The van der Waals surface area contributed by atoms with E-state index < -0.39 is 24.2 Å². The second-order valence-electron chi connectivity index (χ2n) is 4.74. The number of methoxy groups -OCH3 is 1. The number of nitrogens with one attached hydrogen (secondary N) is 1. The van der Waals surface area contributed by atoms with Gasteiger partial charge in [0.2, 0.25) is 5.91 Å². The maximum Gasteiger partial charge on any atom is 0.387 e. The highest BCUT2D eigenvalue weighted by Gasteiger charge is 2.14. The molecule has 0 atom stereocenters. The molecule has 2 rings (SSSR count). The van der Waals surface area contributed by atoms with E-state index >= 15 is 0 Å². The second-order valence-corrected chi connectivity index (χ2v) is 4.74. The fourth-order valence-electron chi connectivity index (χ4n) is 2.02. The van der Waals surface area contributed by atoms with Gasteiger partial charge in [-0.25, -0.2) is 8.78 Å². The molecule has 0 aliphatic heterocycles. The van der Waals surface area contributed by atoms with E-state index in [1.807, 2.05) is 0 Å². The fourth-order valence-corrected chi connectivity index (χ4v) is 2.02. The predicted molar refractivity (Wildman–Crippen MR) is 83.6 cm³/mol. The average molecular weight is 355 g/mol. The van der Waals surface area contributed by atoms with Crippen molar-refractivity contribution in [3.63, 3.8) is 0 Å². The van der Waals surface area contributed by atoms with Crippen LogP contribution in [0, 0.1) is 11.6 Å². The van der Waals surface area contributed by atoms with Gasteiger partial charge in [0.05, 0.1) is 7.11 Å². The molecule has 4 nitrogen and oxygen atoms in total. The first-order valence-corrected chi connectivity index (χ1v) is 6.96. The maximum absolute atomic E-state index is 13.1. The van der Waals surface area contributed by atoms with Crippen LogP contribution in [0.2, 0.25) is 0 Å². The highest BCUT2D eigenvalue weighted by atomic mass is 19.3. The van der Waals surface area contributed by atoms with E-state index in [4.69, 9.17) is 4.74 Å². The molecule has 0 spiro atoms. The topological polar surface area (TPSA) is 47.6 Å². The molecule has 2 aromatic carbocycles. The molecule has 0 saturated heterocycles. The van der Waals surface area contributed by atoms with Gasteiger partial charge >= 0.3 is 6.61 Å². The van der Waals surface area contributed by atoms with Crippen molar-refractivity contribution in [3.05, 3.63) is 59.7 Å². The van der Waals surface area contributed by atoms with Crippen molar-refractivity contribution in [2.75, 3.05) is 12.4 Å². The highest BCUT2D eigenvalue weighted by molar-refractivity contribution is 6.02. The Morgan fingerprint density at radius 1 is 1.16 bits per heavy atom.